The third kappa shape index (κ3) is 12.4. The van der Waals surface area contributed by atoms with E-state index in [2.05, 4.69) is 9.47 Å². The molecule has 0 rings (SSSR count). The highest BCUT2D eigenvalue weighted by molar-refractivity contribution is 5.92. The Balaban J connectivity index is 4.41. The Hall–Kier alpha value is -2.68. The van der Waals surface area contributed by atoms with Crippen LogP contribution in [-0.4, -0.2) is 63.4 Å². The van der Waals surface area contributed by atoms with Gasteiger partial charge in [0.15, 0.2) is 6.10 Å². The van der Waals surface area contributed by atoms with Gasteiger partial charge in [-0.05, 0) is 13.8 Å². The van der Waals surface area contributed by atoms with Gasteiger partial charge in [0.1, 0.15) is 13.2 Å². The van der Waals surface area contributed by atoms with Gasteiger partial charge < -0.3 is 24.3 Å². The van der Waals surface area contributed by atoms with Gasteiger partial charge in [-0.1, -0.05) is 0 Å². The molecule has 0 aliphatic carbocycles. The molecule has 0 aromatic heterocycles. The number of hydrogen-bond donors (Lipinski definition) is 1. The number of rotatable bonds is 11. The minimum atomic E-state index is -0.771. The van der Waals surface area contributed by atoms with E-state index in [1.807, 2.05) is 0 Å². The molecule has 0 amide bonds. The quantitative estimate of drug-likeness (QED) is 0.280. The van der Waals surface area contributed by atoms with Crippen molar-refractivity contribution in [2.75, 3.05) is 33.4 Å². The molecule has 1 atom stereocenters. The molecule has 0 saturated carbocycles. The zero-order chi connectivity index (χ0) is 19.1. The maximum atomic E-state index is 11.6. The third-order valence-corrected chi connectivity index (χ3v) is 2.48. The van der Waals surface area contributed by atoms with E-state index in [9.17, 15) is 19.2 Å². The normalized spacial score (nSPS) is 12.0. The molecule has 0 radical (unpaired) electrons. The van der Waals surface area contributed by atoms with E-state index >= 15 is 0 Å². The van der Waals surface area contributed by atoms with Gasteiger partial charge in [0, 0.05) is 24.3 Å². The predicted octanol–water partition coefficient (Wildman–Crippen LogP) is -1.13. The topological polar surface area (TPSA) is 122 Å². The average Bonchev–Trinajstić information content (AvgIpc) is 2.57. The van der Waals surface area contributed by atoms with Crippen LogP contribution in [0.3, 0.4) is 0 Å². The van der Waals surface area contributed by atoms with Crippen LogP contribution in [0.2, 0.25) is 0 Å². The van der Waals surface area contributed by atoms with E-state index in [1.54, 1.807) is 26.2 Å². The van der Waals surface area contributed by atoms with Crippen molar-refractivity contribution in [1.29, 1.82) is 0 Å². The lowest BCUT2D eigenvalue weighted by molar-refractivity contribution is -0.633. The van der Waals surface area contributed by atoms with E-state index in [-0.39, 0.29) is 19.8 Å². The minimum Gasteiger partial charge on any atom is -0.463 e. The van der Waals surface area contributed by atoms with Crippen molar-refractivity contribution in [3.63, 3.8) is 0 Å². The molecule has 0 spiro atoms. The molecule has 1 unspecified atom stereocenters. The van der Waals surface area contributed by atoms with Crippen molar-refractivity contribution < 1.29 is 43.4 Å². The highest BCUT2D eigenvalue weighted by atomic mass is 16.6. The van der Waals surface area contributed by atoms with Crippen molar-refractivity contribution in [2.45, 2.75) is 20.0 Å². The average molecular weight is 358 g/mol. The zero-order valence-electron chi connectivity index (χ0n) is 14.6. The molecule has 9 nitrogen and oxygen atoms in total. The molecule has 0 fully saturated rings. The summed E-state index contributed by atoms with van der Waals surface area (Å²) in [7, 11) is 1.75. The number of carbonyl (C=O) groups is 4. The van der Waals surface area contributed by atoms with E-state index in [0.29, 0.717) is 6.54 Å². The van der Waals surface area contributed by atoms with E-state index in [4.69, 9.17) is 9.47 Å². The van der Waals surface area contributed by atoms with Crippen molar-refractivity contribution in [3.05, 3.63) is 24.3 Å². The standard InChI is InChI=1S/C16H23NO8/c1-4-22-13(18)6-7-15(20)24-11-12(10-17-3)25-16(21)9-8-14(19)23-5-2/h6-9,12,17H,4-5,10-11H2,1-3H3/p+1/b7-6+,9-8+. The van der Waals surface area contributed by atoms with Gasteiger partial charge in [0.2, 0.25) is 0 Å². The summed E-state index contributed by atoms with van der Waals surface area (Å²) in [6.45, 7) is 3.81. The Bertz CT molecular complexity index is 512. The Kier molecular flexibility index (Phi) is 12.3. The third-order valence-electron chi connectivity index (χ3n) is 2.48. The van der Waals surface area contributed by atoms with Gasteiger partial charge >= 0.3 is 23.9 Å². The molecular formula is C16H24NO8+. The maximum Gasteiger partial charge on any atom is 0.331 e. The highest BCUT2D eigenvalue weighted by Crippen LogP contribution is 1.96. The molecule has 0 heterocycles. The number of ether oxygens (including phenoxy) is 4. The Morgan fingerprint density at radius 2 is 1.24 bits per heavy atom. The Morgan fingerprint density at radius 3 is 1.68 bits per heavy atom. The summed E-state index contributed by atoms with van der Waals surface area (Å²) >= 11 is 0. The molecule has 9 heteroatoms. The lowest BCUT2D eigenvalue weighted by Gasteiger charge is -2.14. The lowest BCUT2D eigenvalue weighted by Crippen LogP contribution is -2.82. The first kappa shape index (κ1) is 22.3. The summed E-state index contributed by atoms with van der Waals surface area (Å²) in [5.41, 5.74) is 0. The Morgan fingerprint density at radius 1 is 0.800 bits per heavy atom. The first-order chi connectivity index (χ1) is 11.9. The molecule has 140 valence electrons. The largest absolute Gasteiger partial charge is 0.463 e. The molecular weight excluding hydrogens is 334 g/mol. The van der Waals surface area contributed by atoms with E-state index in [1.165, 1.54) is 0 Å². The predicted molar refractivity (Wildman–Crippen MR) is 85.1 cm³/mol. The van der Waals surface area contributed by atoms with Crippen LogP contribution in [0.5, 0.6) is 0 Å². The molecule has 0 aromatic rings. The van der Waals surface area contributed by atoms with Crippen LogP contribution in [0.1, 0.15) is 13.8 Å². The molecule has 0 saturated heterocycles. The molecule has 25 heavy (non-hydrogen) atoms. The molecule has 0 bridgehead atoms. The van der Waals surface area contributed by atoms with Crippen molar-refractivity contribution in [2.24, 2.45) is 0 Å². The van der Waals surface area contributed by atoms with Gasteiger partial charge in [-0.2, -0.15) is 0 Å². The number of quaternary nitrogens is 1. The van der Waals surface area contributed by atoms with Crippen molar-refractivity contribution in [3.8, 4) is 0 Å². The van der Waals surface area contributed by atoms with Gasteiger partial charge in [-0.3, -0.25) is 0 Å². The minimum absolute atomic E-state index is 0.195. The van der Waals surface area contributed by atoms with Gasteiger partial charge in [0.25, 0.3) is 0 Å². The summed E-state index contributed by atoms with van der Waals surface area (Å²) in [5.74, 6) is -2.85. The van der Waals surface area contributed by atoms with Crippen molar-refractivity contribution >= 4 is 23.9 Å². The molecule has 0 aromatic carbocycles. The van der Waals surface area contributed by atoms with Gasteiger partial charge in [0.05, 0.1) is 20.3 Å². The number of hydrogen-bond acceptors (Lipinski definition) is 8. The summed E-state index contributed by atoms with van der Waals surface area (Å²) in [4.78, 5) is 45.3. The van der Waals surface area contributed by atoms with Crippen LogP contribution in [0.25, 0.3) is 0 Å². The van der Waals surface area contributed by atoms with Crippen LogP contribution in [0.4, 0.5) is 0 Å². The van der Waals surface area contributed by atoms with Crippen LogP contribution in [0, 0.1) is 0 Å². The SMILES string of the molecule is CCOC(=O)/C=C/C(=O)OCC(C[NH2+]C)OC(=O)/C=C/C(=O)OCC. The fourth-order valence-electron chi connectivity index (χ4n) is 1.49. The van der Waals surface area contributed by atoms with Crippen LogP contribution >= 0.6 is 0 Å². The van der Waals surface area contributed by atoms with Gasteiger partial charge in [-0.15, -0.1) is 0 Å². The number of nitrogens with two attached hydrogens (primary N) is 1. The lowest BCUT2D eigenvalue weighted by atomic mass is 10.3. The Labute approximate surface area is 145 Å². The van der Waals surface area contributed by atoms with Crippen LogP contribution < -0.4 is 5.32 Å². The highest BCUT2D eigenvalue weighted by Gasteiger charge is 2.16. The fourth-order valence-corrected chi connectivity index (χ4v) is 1.49. The van der Waals surface area contributed by atoms with Crippen LogP contribution in [-0.2, 0) is 38.1 Å². The summed E-state index contributed by atoms with van der Waals surface area (Å²) < 4.78 is 19.2. The zero-order valence-corrected chi connectivity index (χ0v) is 14.6. The second-order valence-electron chi connectivity index (χ2n) is 4.50. The maximum absolute atomic E-state index is 11.6. The summed E-state index contributed by atoms with van der Waals surface area (Å²) in [6, 6.07) is 0. The summed E-state index contributed by atoms with van der Waals surface area (Å²) in [6.07, 6.45) is 3.04. The van der Waals surface area contributed by atoms with Gasteiger partial charge in [-0.25, -0.2) is 19.2 Å². The molecule has 2 N–H and O–H groups in total. The smallest absolute Gasteiger partial charge is 0.331 e. The number of carbonyl (C=O) groups excluding carboxylic acids is 4. The van der Waals surface area contributed by atoms with E-state index < -0.39 is 30.0 Å². The summed E-state index contributed by atoms with van der Waals surface area (Å²) in [5, 5.41) is 1.73. The number of esters is 4. The first-order valence-electron chi connectivity index (χ1n) is 7.77. The second-order valence-corrected chi connectivity index (χ2v) is 4.50. The van der Waals surface area contributed by atoms with Crippen LogP contribution in [0.15, 0.2) is 24.3 Å². The van der Waals surface area contributed by atoms with E-state index in [0.717, 1.165) is 24.3 Å². The second kappa shape index (κ2) is 13.7. The first-order valence-corrected chi connectivity index (χ1v) is 7.77. The molecule has 0 aliphatic rings. The monoisotopic (exact) mass is 358 g/mol. The number of likely N-dealkylation sites (N-methyl/N-ethyl adjacent to an activating group) is 1. The molecule has 0 aliphatic heterocycles. The fraction of sp³-hybridized carbons (Fsp3) is 0.500. The van der Waals surface area contributed by atoms with Crippen molar-refractivity contribution in [1.82, 2.24) is 0 Å².